The van der Waals surface area contributed by atoms with Gasteiger partial charge in [0.1, 0.15) is 5.52 Å². The zero-order valence-electron chi connectivity index (χ0n) is 19.5. The lowest BCUT2D eigenvalue weighted by atomic mass is 9.87. The van der Waals surface area contributed by atoms with Crippen molar-refractivity contribution in [2.45, 2.75) is 26.2 Å². The van der Waals surface area contributed by atoms with Crippen molar-refractivity contribution in [3.05, 3.63) is 108 Å². The van der Waals surface area contributed by atoms with Gasteiger partial charge < -0.3 is 9.73 Å². The van der Waals surface area contributed by atoms with Crippen LogP contribution in [0, 0.1) is 0 Å². The monoisotopic (exact) mass is 446 g/mol. The zero-order chi connectivity index (χ0) is 23.7. The molecule has 0 aliphatic heterocycles. The summed E-state index contributed by atoms with van der Waals surface area (Å²) in [6.07, 6.45) is 0. The van der Waals surface area contributed by atoms with Crippen LogP contribution in [0.4, 0.5) is 5.69 Å². The van der Waals surface area contributed by atoms with Crippen LogP contribution in [0.1, 0.15) is 36.7 Å². The molecule has 4 heteroatoms. The van der Waals surface area contributed by atoms with Gasteiger partial charge in [-0.3, -0.25) is 4.79 Å². The quantitative estimate of drug-likeness (QED) is 0.307. The third-order valence-corrected chi connectivity index (χ3v) is 5.90. The van der Waals surface area contributed by atoms with Crippen molar-refractivity contribution in [1.82, 2.24) is 4.98 Å². The van der Waals surface area contributed by atoms with E-state index in [0.717, 1.165) is 11.1 Å². The molecule has 0 radical (unpaired) electrons. The van der Waals surface area contributed by atoms with Crippen LogP contribution in [0.2, 0.25) is 0 Å². The molecule has 34 heavy (non-hydrogen) atoms. The summed E-state index contributed by atoms with van der Waals surface area (Å²) in [6, 6.07) is 31.6. The number of anilines is 1. The summed E-state index contributed by atoms with van der Waals surface area (Å²) in [5.74, 6) is 0.399. The lowest BCUT2D eigenvalue weighted by Gasteiger charge is -2.19. The van der Waals surface area contributed by atoms with E-state index in [0.29, 0.717) is 28.2 Å². The number of fused-ring (bicyclic) bond motifs is 1. The Labute approximate surface area is 199 Å². The number of carbonyl (C=O) groups is 1. The van der Waals surface area contributed by atoms with Gasteiger partial charge in [0, 0.05) is 16.8 Å². The zero-order valence-corrected chi connectivity index (χ0v) is 19.5. The van der Waals surface area contributed by atoms with E-state index in [1.807, 2.05) is 72.8 Å². The van der Waals surface area contributed by atoms with Gasteiger partial charge in [0.25, 0.3) is 5.91 Å². The summed E-state index contributed by atoms with van der Waals surface area (Å²) in [6.45, 7) is 6.46. The number of hydrogen-bond acceptors (Lipinski definition) is 3. The summed E-state index contributed by atoms with van der Waals surface area (Å²) >= 11 is 0. The Bertz CT molecular complexity index is 1440. The number of aromatic nitrogens is 1. The molecule has 1 N–H and O–H groups in total. The van der Waals surface area contributed by atoms with Crippen molar-refractivity contribution < 1.29 is 9.21 Å². The average Bonchev–Trinajstić information content (AvgIpc) is 3.28. The number of amides is 1. The Kier molecular flexibility index (Phi) is 5.50. The second kappa shape index (κ2) is 8.64. The lowest BCUT2D eigenvalue weighted by molar-refractivity contribution is 0.102. The van der Waals surface area contributed by atoms with E-state index in [2.05, 4.69) is 55.3 Å². The van der Waals surface area contributed by atoms with Crippen molar-refractivity contribution in [3.8, 4) is 22.6 Å². The van der Waals surface area contributed by atoms with Crippen LogP contribution < -0.4 is 5.32 Å². The summed E-state index contributed by atoms with van der Waals surface area (Å²) in [5, 5.41) is 2.96. The van der Waals surface area contributed by atoms with Gasteiger partial charge in [-0.05, 0) is 64.6 Å². The largest absolute Gasteiger partial charge is 0.436 e. The smallest absolute Gasteiger partial charge is 0.255 e. The lowest BCUT2D eigenvalue weighted by Crippen LogP contribution is -2.14. The van der Waals surface area contributed by atoms with Crippen molar-refractivity contribution >= 4 is 22.7 Å². The first-order chi connectivity index (χ1) is 16.4. The van der Waals surface area contributed by atoms with Crippen LogP contribution in [0.15, 0.2) is 101 Å². The number of nitrogens with one attached hydrogen (secondary N) is 1. The fourth-order valence-corrected chi connectivity index (χ4v) is 3.89. The van der Waals surface area contributed by atoms with Gasteiger partial charge in [0.05, 0.1) is 0 Å². The van der Waals surface area contributed by atoms with Gasteiger partial charge in [-0.1, -0.05) is 75.4 Å². The van der Waals surface area contributed by atoms with Gasteiger partial charge >= 0.3 is 0 Å². The predicted octanol–water partition coefficient (Wildman–Crippen LogP) is 7.71. The van der Waals surface area contributed by atoms with Crippen molar-refractivity contribution in [1.29, 1.82) is 0 Å². The maximum absolute atomic E-state index is 12.7. The molecule has 0 unspecified atom stereocenters. The molecule has 0 aliphatic rings. The Balaban J connectivity index is 1.34. The standard InChI is InChI=1S/C30H26N2O2/c1-30(2,3)24-15-13-22(14-16-24)28(33)31-25-17-18-27-26(19-25)32-29(34-27)23-11-9-21(10-12-23)20-7-5-4-6-8-20/h4-19H,1-3H3,(H,31,33). The highest BCUT2D eigenvalue weighted by molar-refractivity contribution is 6.05. The van der Waals surface area contributed by atoms with Crippen LogP contribution in [0.3, 0.4) is 0 Å². The third-order valence-electron chi connectivity index (χ3n) is 5.90. The Morgan fingerprint density at radius 3 is 2.09 bits per heavy atom. The molecular weight excluding hydrogens is 420 g/mol. The van der Waals surface area contributed by atoms with Gasteiger partial charge in [0.15, 0.2) is 5.58 Å². The number of hydrogen-bond donors (Lipinski definition) is 1. The van der Waals surface area contributed by atoms with E-state index in [9.17, 15) is 4.79 Å². The number of oxazole rings is 1. The first-order valence-electron chi connectivity index (χ1n) is 11.4. The van der Waals surface area contributed by atoms with Gasteiger partial charge in [-0.25, -0.2) is 4.98 Å². The molecule has 5 rings (SSSR count). The fraction of sp³-hybridized carbons (Fsp3) is 0.133. The predicted molar refractivity (Wildman–Crippen MR) is 138 cm³/mol. The Morgan fingerprint density at radius 2 is 1.41 bits per heavy atom. The molecule has 1 amide bonds. The Morgan fingerprint density at radius 1 is 0.765 bits per heavy atom. The van der Waals surface area contributed by atoms with E-state index in [4.69, 9.17) is 4.42 Å². The fourth-order valence-electron chi connectivity index (χ4n) is 3.89. The van der Waals surface area contributed by atoms with Crippen LogP contribution in [-0.2, 0) is 5.41 Å². The minimum absolute atomic E-state index is 0.0482. The van der Waals surface area contributed by atoms with Crippen molar-refractivity contribution in [2.75, 3.05) is 5.32 Å². The molecule has 4 aromatic carbocycles. The van der Waals surface area contributed by atoms with Crippen LogP contribution in [-0.4, -0.2) is 10.9 Å². The number of carbonyl (C=O) groups excluding carboxylic acids is 1. The van der Waals surface area contributed by atoms with Crippen molar-refractivity contribution in [3.63, 3.8) is 0 Å². The topological polar surface area (TPSA) is 55.1 Å². The van der Waals surface area contributed by atoms with Crippen LogP contribution in [0.5, 0.6) is 0 Å². The second-order valence-electron chi connectivity index (χ2n) is 9.43. The van der Waals surface area contributed by atoms with Gasteiger partial charge in [0.2, 0.25) is 5.89 Å². The van der Waals surface area contributed by atoms with E-state index >= 15 is 0 Å². The summed E-state index contributed by atoms with van der Waals surface area (Å²) in [5.41, 5.74) is 7.12. The second-order valence-corrected chi connectivity index (χ2v) is 9.43. The molecule has 0 saturated heterocycles. The summed E-state index contributed by atoms with van der Waals surface area (Å²) < 4.78 is 5.97. The van der Waals surface area contributed by atoms with E-state index in [1.54, 1.807) is 0 Å². The minimum atomic E-state index is -0.153. The molecule has 0 saturated carbocycles. The molecule has 0 bridgehead atoms. The Hall–Kier alpha value is -4.18. The summed E-state index contributed by atoms with van der Waals surface area (Å²) in [7, 11) is 0. The average molecular weight is 447 g/mol. The molecule has 5 aromatic rings. The minimum Gasteiger partial charge on any atom is -0.436 e. The van der Waals surface area contributed by atoms with Crippen LogP contribution in [0.25, 0.3) is 33.7 Å². The van der Waals surface area contributed by atoms with E-state index < -0.39 is 0 Å². The van der Waals surface area contributed by atoms with E-state index in [1.165, 1.54) is 11.1 Å². The molecule has 0 spiro atoms. The first-order valence-corrected chi connectivity index (χ1v) is 11.4. The highest BCUT2D eigenvalue weighted by Crippen LogP contribution is 2.29. The molecule has 1 heterocycles. The van der Waals surface area contributed by atoms with E-state index in [-0.39, 0.29) is 11.3 Å². The molecule has 1 aromatic heterocycles. The molecule has 0 fully saturated rings. The maximum Gasteiger partial charge on any atom is 0.255 e. The normalized spacial score (nSPS) is 11.5. The molecule has 168 valence electrons. The SMILES string of the molecule is CC(C)(C)c1ccc(C(=O)Nc2ccc3oc(-c4ccc(-c5ccccc5)cc4)nc3c2)cc1. The molecular formula is C30H26N2O2. The number of benzene rings is 4. The number of nitrogens with zero attached hydrogens (tertiary/aromatic N) is 1. The maximum atomic E-state index is 12.7. The highest BCUT2D eigenvalue weighted by Gasteiger charge is 2.15. The van der Waals surface area contributed by atoms with Crippen molar-refractivity contribution in [2.24, 2.45) is 0 Å². The van der Waals surface area contributed by atoms with Crippen LogP contribution >= 0.6 is 0 Å². The van der Waals surface area contributed by atoms with Gasteiger partial charge in [-0.2, -0.15) is 0 Å². The first kappa shape index (κ1) is 21.7. The van der Waals surface area contributed by atoms with Gasteiger partial charge in [-0.15, -0.1) is 0 Å². The third kappa shape index (κ3) is 4.48. The summed E-state index contributed by atoms with van der Waals surface area (Å²) in [4.78, 5) is 17.4. The molecule has 4 nitrogen and oxygen atoms in total. The number of rotatable bonds is 4. The highest BCUT2D eigenvalue weighted by atomic mass is 16.3. The molecule has 0 aliphatic carbocycles. The molecule has 0 atom stereocenters.